The van der Waals surface area contributed by atoms with Crippen molar-refractivity contribution >= 4 is 28.8 Å². The molecule has 60 valence electrons. The van der Waals surface area contributed by atoms with Crippen LogP contribution in [0.1, 0.15) is 10.4 Å². The number of amidine groups is 1. The van der Waals surface area contributed by atoms with Gasteiger partial charge in [0.15, 0.2) is 0 Å². The van der Waals surface area contributed by atoms with Crippen LogP contribution in [0.5, 0.6) is 0 Å². The molecule has 2 nitrogen and oxygen atoms in total. The summed E-state index contributed by atoms with van der Waals surface area (Å²) in [5, 5.41) is 7.08. The summed E-state index contributed by atoms with van der Waals surface area (Å²) in [6, 6.07) is 1.89. The number of hydrogen-bond donors (Lipinski definition) is 2. The van der Waals surface area contributed by atoms with Gasteiger partial charge in [-0.1, -0.05) is 11.6 Å². The number of hydrogen-bond acceptors (Lipinski definition) is 2. The monoisotopic (exact) mass is 188 g/mol. The first-order chi connectivity index (χ1) is 5.09. The van der Waals surface area contributed by atoms with Gasteiger partial charge in [0.1, 0.15) is 0 Å². The molecular formula is C7H9ClN2S. The molecule has 0 spiro atoms. The van der Waals surface area contributed by atoms with Crippen LogP contribution in [0.2, 0.25) is 4.34 Å². The van der Waals surface area contributed by atoms with E-state index < -0.39 is 0 Å². The van der Waals surface area contributed by atoms with Crippen molar-refractivity contribution < 1.29 is 0 Å². The standard InChI is InChI=1S/C7H9ClN2S/c1-4-2-6(8)11-5(4)3-7(9)10/h2H,3H2,1H3,(H3,9,10). The molecule has 1 rings (SSSR count). The molecule has 0 aliphatic carbocycles. The third kappa shape index (κ3) is 2.20. The smallest absolute Gasteiger partial charge is 0.0958 e. The summed E-state index contributed by atoms with van der Waals surface area (Å²) < 4.78 is 0.763. The highest BCUT2D eigenvalue weighted by atomic mass is 35.5. The normalized spacial score (nSPS) is 10.0. The van der Waals surface area contributed by atoms with Crippen molar-refractivity contribution in [2.24, 2.45) is 5.73 Å². The fraction of sp³-hybridized carbons (Fsp3) is 0.286. The Labute approximate surface area is 74.5 Å². The second-order valence-electron chi connectivity index (χ2n) is 2.36. The van der Waals surface area contributed by atoms with Crippen molar-refractivity contribution in [1.29, 1.82) is 5.41 Å². The van der Waals surface area contributed by atoms with Crippen LogP contribution >= 0.6 is 22.9 Å². The van der Waals surface area contributed by atoms with Crippen molar-refractivity contribution in [3.8, 4) is 0 Å². The van der Waals surface area contributed by atoms with Crippen LogP contribution in [0.15, 0.2) is 6.07 Å². The maximum absolute atomic E-state index is 7.08. The summed E-state index contributed by atoms with van der Waals surface area (Å²) in [7, 11) is 0. The van der Waals surface area contributed by atoms with Crippen molar-refractivity contribution in [2.75, 3.05) is 0 Å². The van der Waals surface area contributed by atoms with Gasteiger partial charge in [0, 0.05) is 11.3 Å². The molecule has 0 atom stereocenters. The molecule has 0 bridgehead atoms. The van der Waals surface area contributed by atoms with Gasteiger partial charge < -0.3 is 5.73 Å². The van der Waals surface area contributed by atoms with Crippen molar-refractivity contribution in [3.63, 3.8) is 0 Å². The number of nitrogens with one attached hydrogen (secondary N) is 1. The van der Waals surface area contributed by atoms with Gasteiger partial charge >= 0.3 is 0 Å². The fourth-order valence-electron chi connectivity index (χ4n) is 0.827. The Balaban J connectivity index is 2.85. The lowest BCUT2D eigenvalue weighted by molar-refractivity contribution is 1.26. The van der Waals surface area contributed by atoms with Crippen LogP contribution < -0.4 is 5.73 Å². The van der Waals surface area contributed by atoms with Gasteiger partial charge in [-0.3, -0.25) is 5.41 Å². The van der Waals surface area contributed by atoms with Crippen LogP contribution in [-0.4, -0.2) is 5.84 Å². The number of thiophene rings is 1. The second kappa shape index (κ2) is 3.24. The lowest BCUT2D eigenvalue weighted by Crippen LogP contribution is -2.12. The van der Waals surface area contributed by atoms with Crippen LogP contribution in [0.25, 0.3) is 0 Å². The quantitative estimate of drug-likeness (QED) is 0.543. The highest BCUT2D eigenvalue weighted by molar-refractivity contribution is 7.16. The highest BCUT2D eigenvalue weighted by Gasteiger charge is 2.04. The second-order valence-corrected chi connectivity index (χ2v) is 4.13. The van der Waals surface area contributed by atoms with Crippen LogP contribution in [0.3, 0.4) is 0 Å². The van der Waals surface area contributed by atoms with Gasteiger partial charge in [-0.15, -0.1) is 11.3 Å². The van der Waals surface area contributed by atoms with Crippen molar-refractivity contribution in [1.82, 2.24) is 0 Å². The molecular weight excluding hydrogens is 180 g/mol. The van der Waals surface area contributed by atoms with Gasteiger partial charge in [-0.25, -0.2) is 0 Å². The number of nitrogens with two attached hydrogens (primary N) is 1. The van der Waals surface area contributed by atoms with E-state index in [4.69, 9.17) is 22.7 Å². The number of rotatable bonds is 2. The molecule has 3 N–H and O–H groups in total. The molecule has 0 aliphatic rings. The number of halogens is 1. The zero-order valence-electron chi connectivity index (χ0n) is 6.15. The van der Waals surface area contributed by atoms with Crippen LogP contribution in [0, 0.1) is 12.3 Å². The Morgan fingerprint density at radius 3 is 2.82 bits per heavy atom. The lowest BCUT2D eigenvalue weighted by atomic mass is 10.2. The Kier molecular flexibility index (Phi) is 2.52. The summed E-state index contributed by atoms with van der Waals surface area (Å²) in [5.74, 6) is 0.187. The summed E-state index contributed by atoms with van der Waals surface area (Å²) in [4.78, 5) is 1.09. The molecule has 4 heteroatoms. The van der Waals surface area contributed by atoms with Crippen molar-refractivity contribution in [3.05, 3.63) is 20.8 Å². The third-order valence-electron chi connectivity index (χ3n) is 1.34. The highest BCUT2D eigenvalue weighted by Crippen LogP contribution is 2.26. The van der Waals surface area contributed by atoms with Crippen LogP contribution in [0.4, 0.5) is 0 Å². The fourth-order valence-corrected chi connectivity index (χ4v) is 2.19. The van der Waals surface area contributed by atoms with E-state index in [1.165, 1.54) is 11.3 Å². The molecule has 1 heterocycles. The maximum atomic E-state index is 7.08. The third-order valence-corrected chi connectivity index (χ3v) is 2.71. The molecule has 0 amide bonds. The lowest BCUT2D eigenvalue weighted by Gasteiger charge is -1.94. The van der Waals surface area contributed by atoms with Crippen molar-refractivity contribution in [2.45, 2.75) is 13.3 Å². The van der Waals surface area contributed by atoms with E-state index in [0.29, 0.717) is 6.42 Å². The maximum Gasteiger partial charge on any atom is 0.0958 e. The minimum atomic E-state index is 0.187. The first-order valence-electron chi connectivity index (χ1n) is 3.17. The van der Waals surface area contributed by atoms with E-state index in [1.807, 2.05) is 13.0 Å². The zero-order valence-corrected chi connectivity index (χ0v) is 7.72. The predicted octanol–water partition coefficient (Wildman–Crippen LogP) is 2.19. The average Bonchev–Trinajstić information content (AvgIpc) is 2.09. The van der Waals surface area contributed by atoms with Gasteiger partial charge in [0.2, 0.25) is 0 Å². The minimum absolute atomic E-state index is 0.187. The predicted molar refractivity (Wildman–Crippen MR) is 49.7 cm³/mol. The molecule has 0 unspecified atom stereocenters. The molecule has 0 fully saturated rings. The van der Waals surface area contributed by atoms with E-state index in [1.54, 1.807) is 0 Å². The molecule has 0 aliphatic heterocycles. The van der Waals surface area contributed by atoms with Gasteiger partial charge in [0.05, 0.1) is 10.2 Å². The Morgan fingerprint density at radius 1 is 1.82 bits per heavy atom. The first kappa shape index (κ1) is 8.56. The summed E-state index contributed by atoms with van der Waals surface area (Å²) in [5.41, 5.74) is 6.37. The molecule has 11 heavy (non-hydrogen) atoms. The Morgan fingerprint density at radius 2 is 2.45 bits per heavy atom. The Hall–Kier alpha value is -0.540. The largest absolute Gasteiger partial charge is 0.387 e. The molecule has 0 saturated heterocycles. The summed E-state index contributed by atoms with van der Waals surface area (Å²) in [6.07, 6.45) is 0.517. The van der Waals surface area contributed by atoms with E-state index >= 15 is 0 Å². The number of aryl methyl sites for hydroxylation is 1. The Bertz CT molecular complexity index is 280. The topological polar surface area (TPSA) is 49.9 Å². The van der Waals surface area contributed by atoms with E-state index in [-0.39, 0.29) is 5.84 Å². The summed E-state index contributed by atoms with van der Waals surface area (Å²) in [6.45, 7) is 1.97. The zero-order chi connectivity index (χ0) is 8.43. The van der Waals surface area contributed by atoms with E-state index in [9.17, 15) is 0 Å². The van der Waals surface area contributed by atoms with Gasteiger partial charge in [0.25, 0.3) is 0 Å². The molecule has 0 saturated carbocycles. The van der Waals surface area contributed by atoms with Gasteiger partial charge in [-0.05, 0) is 18.6 Å². The van der Waals surface area contributed by atoms with E-state index in [2.05, 4.69) is 0 Å². The molecule has 1 aromatic rings. The van der Waals surface area contributed by atoms with E-state index in [0.717, 1.165) is 14.8 Å². The first-order valence-corrected chi connectivity index (χ1v) is 4.36. The molecule has 1 aromatic heterocycles. The molecule has 0 radical (unpaired) electrons. The van der Waals surface area contributed by atoms with Gasteiger partial charge in [-0.2, -0.15) is 0 Å². The average molecular weight is 189 g/mol. The molecule has 0 aromatic carbocycles. The van der Waals surface area contributed by atoms with Crippen LogP contribution in [-0.2, 0) is 6.42 Å². The minimum Gasteiger partial charge on any atom is -0.387 e. The SMILES string of the molecule is Cc1cc(Cl)sc1CC(=N)N. The summed E-state index contributed by atoms with van der Waals surface area (Å²) >= 11 is 7.24.